The zero-order valence-corrected chi connectivity index (χ0v) is 14.8. The van der Waals surface area contributed by atoms with Crippen molar-refractivity contribution in [2.75, 3.05) is 5.32 Å². The Morgan fingerprint density at radius 2 is 1.84 bits per heavy atom. The number of hydrogen-bond acceptors (Lipinski definition) is 2. The zero-order chi connectivity index (χ0) is 18.8. The van der Waals surface area contributed by atoms with E-state index in [9.17, 15) is 18.0 Å². The molecule has 0 aliphatic carbocycles. The molecule has 0 aliphatic heterocycles. The van der Waals surface area contributed by atoms with Gasteiger partial charge in [-0.25, -0.2) is 0 Å². The van der Waals surface area contributed by atoms with Gasteiger partial charge in [-0.1, -0.05) is 23.2 Å². The summed E-state index contributed by atoms with van der Waals surface area (Å²) in [5, 5.41) is 2.87. The molecule has 134 valence electrons. The number of ether oxygens (including phenoxy) is 1. The van der Waals surface area contributed by atoms with Crippen molar-refractivity contribution in [1.82, 2.24) is 0 Å². The molecule has 8 heteroatoms. The van der Waals surface area contributed by atoms with Gasteiger partial charge in [-0.15, -0.1) is 0 Å². The van der Waals surface area contributed by atoms with E-state index in [2.05, 4.69) is 5.32 Å². The highest BCUT2D eigenvalue weighted by Gasteiger charge is 2.31. The van der Waals surface area contributed by atoms with Gasteiger partial charge in [0.1, 0.15) is 5.75 Å². The molecule has 0 fully saturated rings. The first-order valence-electron chi connectivity index (χ1n) is 7.18. The maximum Gasteiger partial charge on any atom is 0.416 e. The standard InChI is InChI=1S/C17H14Cl2F3NO2/c1-9-7-12(18)4-6-15(9)25-10(2)16(24)23-14-8-11(17(20,21)22)3-5-13(14)19/h3-8,10H,1-2H3,(H,23,24). The summed E-state index contributed by atoms with van der Waals surface area (Å²) in [7, 11) is 0. The second-order valence-corrected chi connectivity index (χ2v) is 6.20. The first-order chi connectivity index (χ1) is 11.6. The van der Waals surface area contributed by atoms with Crippen LogP contribution in [0.5, 0.6) is 5.75 Å². The predicted molar refractivity (Wildman–Crippen MR) is 91.4 cm³/mol. The molecule has 0 aromatic heterocycles. The van der Waals surface area contributed by atoms with Gasteiger partial charge in [-0.05, 0) is 55.8 Å². The van der Waals surface area contributed by atoms with E-state index in [4.69, 9.17) is 27.9 Å². The van der Waals surface area contributed by atoms with Crippen molar-refractivity contribution in [1.29, 1.82) is 0 Å². The number of carbonyl (C=O) groups excluding carboxylic acids is 1. The second kappa shape index (κ2) is 7.54. The zero-order valence-electron chi connectivity index (χ0n) is 13.2. The lowest BCUT2D eigenvalue weighted by atomic mass is 10.2. The van der Waals surface area contributed by atoms with E-state index in [1.807, 2.05) is 0 Å². The summed E-state index contributed by atoms with van der Waals surface area (Å²) in [6.45, 7) is 3.24. The third-order valence-corrected chi connectivity index (χ3v) is 3.93. The monoisotopic (exact) mass is 391 g/mol. The van der Waals surface area contributed by atoms with Crippen LogP contribution >= 0.6 is 23.2 Å². The third-order valence-electron chi connectivity index (χ3n) is 3.36. The second-order valence-electron chi connectivity index (χ2n) is 5.35. The van der Waals surface area contributed by atoms with Gasteiger partial charge in [-0.3, -0.25) is 4.79 Å². The van der Waals surface area contributed by atoms with Gasteiger partial charge in [-0.2, -0.15) is 13.2 Å². The van der Waals surface area contributed by atoms with E-state index in [-0.39, 0.29) is 10.7 Å². The quantitative estimate of drug-likeness (QED) is 0.722. The molecule has 2 rings (SSSR count). The molecule has 2 aromatic carbocycles. The highest BCUT2D eigenvalue weighted by Crippen LogP contribution is 2.34. The fourth-order valence-corrected chi connectivity index (χ4v) is 2.41. The fraction of sp³-hybridized carbons (Fsp3) is 0.235. The summed E-state index contributed by atoms with van der Waals surface area (Å²) in [5.41, 5.74) is -0.316. The van der Waals surface area contributed by atoms with Crippen LogP contribution in [0.3, 0.4) is 0 Å². The van der Waals surface area contributed by atoms with Crippen LogP contribution in [0.25, 0.3) is 0 Å². The van der Waals surface area contributed by atoms with Gasteiger partial charge in [0.05, 0.1) is 16.3 Å². The molecule has 0 spiro atoms. The molecule has 2 aromatic rings. The SMILES string of the molecule is Cc1cc(Cl)ccc1OC(C)C(=O)Nc1cc(C(F)(F)F)ccc1Cl. The Bertz CT molecular complexity index is 794. The van der Waals surface area contributed by atoms with Crippen LogP contribution in [0, 0.1) is 6.92 Å². The minimum Gasteiger partial charge on any atom is -0.481 e. The van der Waals surface area contributed by atoms with E-state index in [1.165, 1.54) is 6.92 Å². The molecule has 1 N–H and O–H groups in total. The molecule has 0 bridgehead atoms. The van der Waals surface area contributed by atoms with Crippen molar-refractivity contribution in [3.05, 3.63) is 57.6 Å². The highest BCUT2D eigenvalue weighted by molar-refractivity contribution is 6.33. The Hall–Kier alpha value is -1.92. The predicted octanol–water partition coefficient (Wildman–Crippen LogP) is 5.73. The number of anilines is 1. The number of aryl methyl sites for hydroxylation is 1. The van der Waals surface area contributed by atoms with Gasteiger partial charge < -0.3 is 10.1 Å². The Morgan fingerprint density at radius 3 is 2.44 bits per heavy atom. The van der Waals surface area contributed by atoms with Crippen LogP contribution < -0.4 is 10.1 Å². The van der Waals surface area contributed by atoms with E-state index in [1.54, 1.807) is 25.1 Å². The number of carbonyl (C=O) groups is 1. The highest BCUT2D eigenvalue weighted by atomic mass is 35.5. The van der Waals surface area contributed by atoms with Crippen LogP contribution in [0.1, 0.15) is 18.1 Å². The smallest absolute Gasteiger partial charge is 0.416 e. The molecule has 0 saturated heterocycles. The lowest BCUT2D eigenvalue weighted by Crippen LogP contribution is -2.30. The summed E-state index contributed by atoms with van der Waals surface area (Å²) < 4.78 is 43.8. The molecule has 0 radical (unpaired) electrons. The molecular formula is C17H14Cl2F3NO2. The molecule has 1 unspecified atom stereocenters. The van der Waals surface area contributed by atoms with Crippen LogP contribution in [-0.4, -0.2) is 12.0 Å². The van der Waals surface area contributed by atoms with E-state index < -0.39 is 23.8 Å². The maximum absolute atomic E-state index is 12.8. The number of alkyl halides is 3. The Labute approximate surface area is 152 Å². The minimum atomic E-state index is -4.54. The molecule has 1 atom stereocenters. The summed E-state index contributed by atoms with van der Waals surface area (Å²) in [6.07, 6.45) is -5.49. The van der Waals surface area contributed by atoms with Gasteiger partial charge in [0.2, 0.25) is 0 Å². The largest absolute Gasteiger partial charge is 0.481 e. The first-order valence-corrected chi connectivity index (χ1v) is 7.94. The minimum absolute atomic E-state index is 0.00350. The summed E-state index contributed by atoms with van der Waals surface area (Å²) in [5.74, 6) is -0.183. The van der Waals surface area contributed by atoms with Crippen molar-refractivity contribution in [2.45, 2.75) is 26.1 Å². The Balaban J connectivity index is 2.13. The third kappa shape index (κ3) is 5.03. The van der Waals surface area contributed by atoms with Crippen LogP contribution in [0.4, 0.5) is 18.9 Å². The molecule has 3 nitrogen and oxygen atoms in total. The number of nitrogens with one attached hydrogen (secondary N) is 1. The summed E-state index contributed by atoms with van der Waals surface area (Å²) in [6, 6.07) is 7.59. The van der Waals surface area contributed by atoms with E-state index in [0.717, 1.165) is 23.8 Å². The lowest BCUT2D eigenvalue weighted by molar-refractivity contribution is -0.137. The number of hydrogen-bond donors (Lipinski definition) is 1. The average molecular weight is 392 g/mol. The van der Waals surface area contributed by atoms with Crippen LogP contribution in [0.2, 0.25) is 10.0 Å². The molecule has 1 amide bonds. The van der Waals surface area contributed by atoms with Gasteiger partial charge in [0.25, 0.3) is 5.91 Å². The van der Waals surface area contributed by atoms with E-state index >= 15 is 0 Å². The van der Waals surface area contributed by atoms with Crippen molar-refractivity contribution in [3.63, 3.8) is 0 Å². The number of benzene rings is 2. The first kappa shape index (κ1) is 19.4. The van der Waals surface area contributed by atoms with Crippen LogP contribution in [0.15, 0.2) is 36.4 Å². The van der Waals surface area contributed by atoms with Crippen molar-refractivity contribution in [2.24, 2.45) is 0 Å². The van der Waals surface area contributed by atoms with Gasteiger partial charge >= 0.3 is 6.18 Å². The van der Waals surface area contributed by atoms with Gasteiger partial charge in [0, 0.05) is 5.02 Å². The van der Waals surface area contributed by atoms with Crippen molar-refractivity contribution >= 4 is 34.8 Å². The van der Waals surface area contributed by atoms with Crippen LogP contribution in [-0.2, 0) is 11.0 Å². The Kier molecular flexibility index (Phi) is 5.85. The summed E-state index contributed by atoms with van der Waals surface area (Å²) >= 11 is 11.7. The fourth-order valence-electron chi connectivity index (χ4n) is 2.02. The molecular weight excluding hydrogens is 378 g/mol. The van der Waals surface area contributed by atoms with Crippen molar-refractivity contribution in [3.8, 4) is 5.75 Å². The molecule has 25 heavy (non-hydrogen) atoms. The summed E-state index contributed by atoms with van der Waals surface area (Å²) in [4.78, 5) is 12.2. The molecule has 0 heterocycles. The Morgan fingerprint density at radius 1 is 1.16 bits per heavy atom. The number of amides is 1. The normalized spacial score (nSPS) is 12.6. The lowest BCUT2D eigenvalue weighted by Gasteiger charge is -2.17. The van der Waals surface area contributed by atoms with Crippen molar-refractivity contribution < 1.29 is 22.7 Å². The topological polar surface area (TPSA) is 38.3 Å². The van der Waals surface area contributed by atoms with Gasteiger partial charge in [0.15, 0.2) is 6.10 Å². The van der Waals surface area contributed by atoms with E-state index in [0.29, 0.717) is 10.8 Å². The maximum atomic E-state index is 12.8. The molecule has 0 saturated carbocycles. The molecule has 0 aliphatic rings. The number of halogens is 5. The average Bonchev–Trinajstić information content (AvgIpc) is 2.50. The number of rotatable bonds is 4.